The molecule has 0 fully saturated rings. The first-order chi connectivity index (χ1) is 15.7. The van der Waals surface area contributed by atoms with E-state index in [9.17, 15) is 9.59 Å². The monoisotopic (exact) mass is 431 g/mol. The molecule has 0 atom stereocenters. The Bertz CT molecular complexity index is 1270. The fourth-order valence-electron chi connectivity index (χ4n) is 2.67. The lowest BCUT2D eigenvalue weighted by atomic mass is 10.2. The van der Waals surface area contributed by atoms with Crippen LogP contribution in [0.5, 0.6) is 0 Å². The Labute approximate surface area is 181 Å². The normalized spacial score (nSPS) is 10.9. The topological polar surface area (TPSA) is 144 Å². The van der Waals surface area contributed by atoms with E-state index in [-0.39, 0.29) is 17.1 Å². The smallest absolute Gasteiger partial charge is 0.338 e. The van der Waals surface area contributed by atoms with Crippen molar-refractivity contribution in [1.82, 2.24) is 20.3 Å². The summed E-state index contributed by atoms with van der Waals surface area (Å²) in [5.41, 5.74) is 5.69. The molecule has 0 bridgehead atoms. The largest absolute Gasteiger partial charge is 0.462 e. The number of ether oxygens (including phenoxy) is 1. The molecule has 0 unspecified atom stereocenters. The van der Waals surface area contributed by atoms with Gasteiger partial charge in [0.2, 0.25) is 11.3 Å². The molecule has 32 heavy (non-hydrogen) atoms. The predicted molar refractivity (Wildman–Crippen MR) is 116 cm³/mol. The molecule has 0 saturated heterocycles. The third-order valence-electron chi connectivity index (χ3n) is 4.23. The highest BCUT2D eigenvalue weighted by Crippen LogP contribution is 2.24. The second kappa shape index (κ2) is 9.43. The Morgan fingerprint density at radius 3 is 2.31 bits per heavy atom. The highest BCUT2D eigenvalue weighted by Gasteiger charge is 2.13. The summed E-state index contributed by atoms with van der Waals surface area (Å²) in [5.74, 6) is 0.209. The molecule has 2 heterocycles. The minimum absolute atomic E-state index is 0.209. The van der Waals surface area contributed by atoms with Gasteiger partial charge in [-0.25, -0.2) is 14.4 Å². The number of carbonyl (C=O) groups is 2. The molecule has 11 nitrogen and oxygen atoms in total. The van der Waals surface area contributed by atoms with Gasteiger partial charge in [0.15, 0.2) is 11.6 Å². The van der Waals surface area contributed by atoms with E-state index in [1.54, 1.807) is 61.7 Å². The number of hydrogen-bond acceptors (Lipinski definition) is 11. The van der Waals surface area contributed by atoms with Gasteiger partial charge in [0.1, 0.15) is 6.29 Å². The minimum Gasteiger partial charge on any atom is -0.462 e. The van der Waals surface area contributed by atoms with Gasteiger partial charge in [0, 0.05) is 11.3 Å². The van der Waals surface area contributed by atoms with Gasteiger partial charge in [-0.2, -0.15) is 10.1 Å². The summed E-state index contributed by atoms with van der Waals surface area (Å²) in [5, 5.41) is 14.7. The summed E-state index contributed by atoms with van der Waals surface area (Å²) in [7, 11) is 0. The maximum Gasteiger partial charge on any atom is 0.338 e. The number of rotatable bonds is 8. The molecular formula is C21H17N7O4. The van der Waals surface area contributed by atoms with Gasteiger partial charge in [-0.1, -0.05) is 24.3 Å². The van der Waals surface area contributed by atoms with Gasteiger partial charge in [0.05, 0.1) is 18.4 Å². The lowest BCUT2D eigenvalue weighted by Gasteiger charge is -2.10. The molecule has 2 N–H and O–H groups in total. The van der Waals surface area contributed by atoms with Crippen LogP contribution in [-0.4, -0.2) is 45.4 Å². The van der Waals surface area contributed by atoms with Crippen LogP contribution in [0.4, 0.5) is 17.3 Å². The molecular weight excluding hydrogens is 414 g/mol. The third-order valence-corrected chi connectivity index (χ3v) is 4.23. The first-order valence-electron chi connectivity index (χ1n) is 9.55. The van der Waals surface area contributed by atoms with Crippen LogP contribution in [0.25, 0.3) is 11.3 Å². The highest BCUT2D eigenvalue weighted by molar-refractivity contribution is 5.90. The van der Waals surface area contributed by atoms with Crippen LogP contribution in [-0.2, 0) is 4.74 Å². The average Bonchev–Trinajstić information content (AvgIpc) is 3.27. The standard InChI is InChI=1S/C21H17N7O4/c1-2-31-21(30)15-7-9-16(10-8-15)23-17-18(25-20-19(24-17)27-32-28-20)26-22-11-13-3-5-14(12-29)6-4-13/h3-12H,2H2,1H3,(H,23,24,27)(H,25,26,28)/b22-11+. The van der Waals surface area contributed by atoms with E-state index in [1.807, 2.05) is 0 Å². The molecule has 0 amide bonds. The summed E-state index contributed by atoms with van der Waals surface area (Å²) in [4.78, 5) is 31.3. The van der Waals surface area contributed by atoms with E-state index in [2.05, 4.69) is 40.8 Å². The number of esters is 1. The minimum atomic E-state index is -0.396. The molecule has 2 aromatic carbocycles. The summed E-state index contributed by atoms with van der Waals surface area (Å²) in [6.07, 6.45) is 2.34. The number of aldehydes is 1. The van der Waals surface area contributed by atoms with Crippen molar-refractivity contribution < 1.29 is 19.0 Å². The highest BCUT2D eigenvalue weighted by atomic mass is 16.6. The van der Waals surface area contributed by atoms with E-state index >= 15 is 0 Å². The molecule has 0 aliphatic heterocycles. The van der Waals surface area contributed by atoms with Crippen molar-refractivity contribution >= 4 is 47.1 Å². The zero-order chi connectivity index (χ0) is 22.3. The fraction of sp³-hybridized carbons (Fsp3) is 0.0952. The number of carbonyl (C=O) groups excluding carboxylic acids is 2. The van der Waals surface area contributed by atoms with Crippen LogP contribution in [0.2, 0.25) is 0 Å². The molecule has 0 aliphatic carbocycles. The molecule has 160 valence electrons. The van der Waals surface area contributed by atoms with Gasteiger partial charge in [0.25, 0.3) is 0 Å². The van der Waals surface area contributed by atoms with Crippen molar-refractivity contribution in [3.8, 4) is 0 Å². The number of hydrazone groups is 1. The molecule has 0 radical (unpaired) electrons. The molecule has 0 saturated carbocycles. The average molecular weight is 431 g/mol. The van der Waals surface area contributed by atoms with Crippen molar-refractivity contribution in [2.24, 2.45) is 5.10 Å². The molecule has 2 aromatic heterocycles. The quantitative estimate of drug-likeness (QED) is 0.185. The molecule has 0 aliphatic rings. The van der Waals surface area contributed by atoms with Crippen LogP contribution in [0.3, 0.4) is 0 Å². The zero-order valence-corrected chi connectivity index (χ0v) is 16.8. The van der Waals surface area contributed by atoms with Crippen molar-refractivity contribution in [2.45, 2.75) is 6.92 Å². The van der Waals surface area contributed by atoms with Gasteiger partial charge < -0.3 is 10.1 Å². The number of anilines is 3. The van der Waals surface area contributed by atoms with Gasteiger partial charge in [-0.15, -0.1) is 0 Å². The van der Waals surface area contributed by atoms with E-state index in [0.29, 0.717) is 29.2 Å². The van der Waals surface area contributed by atoms with Crippen molar-refractivity contribution in [2.75, 3.05) is 17.3 Å². The van der Waals surface area contributed by atoms with Gasteiger partial charge in [-0.3, -0.25) is 10.2 Å². The lowest BCUT2D eigenvalue weighted by molar-refractivity contribution is 0.0526. The number of aromatic nitrogens is 4. The SMILES string of the molecule is CCOC(=O)c1ccc(Nc2nc3nonc3nc2N/N=C/c2ccc(C=O)cc2)cc1. The summed E-state index contributed by atoms with van der Waals surface area (Å²) < 4.78 is 9.67. The summed E-state index contributed by atoms with van der Waals surface area (Å²) in [6.45, 7) is 2.05. The predicted octanol–water partition coefficient (Wildman–Crippen LogP) is 3.19. The molecule has 11 heteroatoms. The summed E-state index contributed by atoms with van der Waals surface area (Å²) >= 11 is 0. The number of nitrogens with zero attached hydrogens (tertiary/aromatic N) is 5. The van der Waals surface area contributed by atoms with Crippen LogP contribution < -0.4 is 10.7 Å². The zero-order valence-electron chi connectivity index (χ0n) is 16.8. The van der Waals surface area contributed by atoms with E-state index < -0.39 is 5.97 Å². The first kappa shape index (κ1) is 20.6. The van der Waals surface area contributed by atoms with Crippen LogP contribution >= 0.6 is 0 Å². The van der Waals surface area contributed by atoms with Gasteiger partial charge >= 0.3 is 5.97 Å². The number of nitrogens with one attached hydrogen (secondary N) is 2. The Balaban J connectivity index is 1.55. The second-order valence-corrected chi connectivity index (χ2v) is 6.41. The Morgan fingerprint density at radius 1 is 1.00 bits per heavy atom. The number of hydrogen-bond donors (Lipinski definition) is 2. The molecule has 4 rings (SSSR count). The van der Waals surface area contributed by atoms with Crippen molar-refractivity contribution in [1.29, 1.82) is 0 Å². The maximum absolute atomic E-state index is 11.8. The van der Waals surface area contributed by atoms with Crippen LogP contribution in [0, 0.1) is 0 Å². The molecule has 0 spiro atoms. The Kier molecular flexibility index (Phi) is 6.07. The second-order valence-electron chi connectivity index (χ2n) is 6.41. The Morgan fingerprint density at radius 2 is 1.66 bits per heavy atom. The molecule has 4 aromatic rings. The number of fused-ring (bicyclic) bond motifs is 1. The van der Waals surface area contributed by atoms with E-state index in [4.69, 9.17) is 4.74 Å². The van der Waals surface area contributed by atoms with E-state index in [0.717, 1.165) is 11.8 Å². The van der Waals surface area contributed by atoms with Gasteiger partial charge in [-0.05, 0) is 47.1 Å². The lowest BCUT2D eigenvalue weighted by Crippen LogP contribution is -2.05. The summed E-state index contributed by atoms with van der Waals surface area (Å²) in [6, 6.07) is 13.6. The van der Waals surface area contributed by atoms with E-state index in [1.165, 1.54) is 0 Å². The number of benzene rings is 2. The third kappa shape index (κ3) is 4.73. The van der Waals surface area contributed by atoms with Crippen molar-refractivity contribution in [3.05, 3.63) is 65.2 Å². The fourth-order valence-corrected chi connectivity index (χ4v) is 2.67. The van der Waals surface area contributed by atoms with Crippen LogP contribution in [0.15, 0.2) is 58.3 Å². The Hall–Kier alpha value is -4.67. The van der Waals surface area contributed by atoms with Crippen LogP contribution in [0.1, 0.15) is 33.2 Å². The maximum atomic E-state index is 11.8. The first-order valence-corrected chi connectivity index (χ1v) is 9.55. The van der Waals surface area contributed by atoms with Crippen molar-refractivity contribution in [3.63, 3.8) is 0 Å².